The van der Waals surface area contributed by atoms with Crippen LogP contribution in [0.5, 0.6) is 5.75 Å². The van der Waals surface area contributed by atoms with Gasteiger partial charge in [0.2, 0.25) is 0 Å². The van der Waals surface area contributed by atoms with Gasteiger partial charge in [-0.1, -0.05) is 30.3 Å². The second kappa shape index (κ2) is 6.57. The Hall–Kier alpha value is -2.55. The van der Waals surface area contributed by atoms with Gasteiger partial charge in [-0.3, -0.25) is 4.79 Å². The van der Waals surface area contributed by atoms with Crippen molar-refractivity contribution in [1.29, 1.82) is 0 Å². The van der Waals surface area contributed by atoms with Crippen molar-refractivity contribution < 1.29 is 9.53 Å². The molecule has 102 valence electrons. The summed E-state index contributed by atoms with van der Waals surface area (Å²) >= 11 is 0. The zero-order valence-corrected chi connectivity index (χ0v) is 11.5. The number of anilines is 1. The van der Waals surface area contributed by atoms with Gasteiger partial charge >= 0.3 is 0 Å². The average Bonchev–Trinajstić information content (AvgIpc) is 2.53. The molecule has 0 aromatic heterocycles. The molecule has 0 aliphatic rings. The highest BCUT2D eigenvalue weighted by atomic mass is 16.5. The van der Waals surface area contributed by atoms with Crippen LogP contribution in [-0.2, 0) is 0 Å². The predicted octanol–water partition coefficient (Wildman–Crippen LogP) is 3.53. The summed E-state index contributed by atoms with van der Waals surface area (Å²) in [6.07, 6.45) is 1.71. The minimum Gasteiger partial charge on any atom is -0.497 e. The molecule has 0 spiro atoms. The zero-order valence-electron chi connectivity index (χ0n) is 11.5. The first-order chi connectivity index (χ1) is 9.76. The third kappa shape index (κ3) is 3.06. The van der Waals surface area contributed by atoms with Crippen molar-refractivity contribution in [2.45, 2.75) is 0 Å². The number of para-hydroxylation sites is 1. The van der Waals surface area contributed by atoms with Crippen molar-refractivity contribution >= 4 is 11.6 Å². The van der Waals surface area contributed by atoms with Gasteiger partial charge in [-0.05, 0) is 30.3 Å². The molecule has 0 heterocycles. The SMILES string of the molecule is C=CCN(C(=O)c1cccc(OC)c1)c1ccccc1. The molecule has 3 heteroatoms. The van der Waals surface area contributed by atoms with Crippen LogP contribution in [0.1, 0.15) is 10.4 Å². The summed E-state index contributed by atoms with van der Waals surface area (Å²) in [4.78, 5) is 14.3. The number of nitrogens with zero attached hydrogens (tertiary/aromatic N) is 1. The largest absolute Gasteiger partial charge is 0.497 e. The van der Waals surface area contributed by atoms with Crippen LogP contribution in [0.15, 0.2) is 67.3 Å². The van der Waals surface area contributed by atoms with E-state index in [1.54, 1.807) is 30.2 Å². The molecular weight excluding hydrogens is 250 g/mol. The second-order valence-electron chi connectivity index (χ2n) is 4.27. The van der Waals surface area contributed by atoms with Crippen molar-refractivity contribution in [2.24, 2.45) is 0 Å². The van der Waals surface area contributed by atoms with Gasteiger partial charge in [0.25, 0.3) is 5.91 Å². The van der Waals surface area contributed by atoms with Crippen molar-refractivity contribution in [2.75, 3.05) is 18.6 Å². The maximum Gasteiger partial charge on any atom is 0.258 e. The van der Waals surface area contributed by atoms with Crippen LogP contribution in [0.25, 0.3) is 0 Å². The molecule has 0 aliphatic carbocycles. The lowest BCUT2D eigenvalue weighted by atomic mass is 10.1. The summed E-state index contributed by atoms with van der Waals surface area (Å²) in [5, 5.41) is 0. The molecule has 0 bridgehead atoms. The molecule has 3 nitrogen and oxygen atoms in total. The third-order valence-corrected chi connectivity index (χ3v) is 2.94. The quantitative estimate of drug-likeness (QED) is 0.776. The number of amides is 1. The van der Waals surface area contributed by atoms with Crippen LogP contribution in [0, 0.1) is 0 Å². The van der Waals surface area contributed by atoms with E-state index in [1.807, 2.05) is 42.5 Å². The van der Waals surface area contributed by atoms with E-state index in [0.29, 0.717) is 17.9 Å². The van der Waals surface area contributed by atoms with Gasteiger partial charge in [-0.2, -0.15) is 0 Å². The number of methoxy groups -OCH3 is 1. The Morgan fingerprint density at radius 3 is 2.60 bits per heavy atom. The van der Waals surface area contributed by atoms with Crippen LogP contribution in [0.3, 0.4) is 0 Å². The van der Waals surface area contributed by atoms with E-state index < -0.39 is 0 Å². The van der Waals surface area contributed by atoms with E-state index in [2.05, 4.69) is 6.58 Å². The lowest BCUT2D eigenvalue weighted by molar-refractivity contribution is 0.0989. The van der Waals surface area contributed by atoms with Gasteiger partial charge in [0.1, 0.15) is 5.75 Å². The first kappa shape index (κ1) is 13.9. The Kier molecular flexibility index (Phi) is 4.56. The number of carbonyl (C=O) groups is 1. The Morgan fingerprint density at radius 2 is 1.95 bits per heavy atom. The topological polar surface area (TPSA) is 29.5 Å². The normalized spacial score (nSPS) is 9.85. The lowest BCUT2D eigenvalue weighted by Gasteiger charge is -2.21. The molecule has 0 aliphatic heterocycles. The van der Waals surface area contributed by atoms with Crippen LogP contribution >= 0.6 is 0 Å². The molecule has 20 heavy (non-hydrogen) atoms. The van der Waals surface area contributed by atoms with Gasteiger partial charge in [0, 0.05) is 17.8 Å². The Bertz CT molecular complexity index is 593. The summed E-state index contributed by atoms with van der Waals surface area (Å²) in [6, 6.07) is 16.7. The number of benzene rings is 2. The summed E-state index contributed by atoms with van der Waals surface area (Å²) in [6.45, 7) is 4.18. The number of ether oxygens (including phenoxy) is 1. The first-order valence-corrected chi connectivity index (χ1v) is 6.38. The van der Waals surface area contributed by atoms with E-state index in [9.17, 15) is 4.79 Å². The van der Waals surface area contributed by atoms with Crippen LogP contribution in [-0.4, -0.2) is 19.6 Å². The Labute approximate surface area is 119 Å². The Balaban J connectivity index is 2.33. The Morgan fingerprint density at radius 1 is 1.20 bits per heavy atom. The molecule has 0 fully saturated rings. The molecule has 0 saturated heterocycles. The van der Waals surface area contributed by atoms with Crippen LogP contribution in [0.4, 0.5) is 5.69 Å². The average molecular weight is 267 g/mol. The second-order valence-corrected chi connectivity index (χ2v) is 4.27. The van der Waals surface area contributed by atoms with E-state index in [1.165, 1.54) is 0 Å². The highest BCUT2D eigenvalue weighted by Crippen LogP contribution is 2.19. The van der Waals surface area contributed by atoms with E-state index in [0.717, 1.165) is 5.69 Å². The minimum absolute atomic E-state index is 0.0741. The van der Waals surface area contributed by atoms with Gasteiger partial charge in [-0.15, -0.1) is 6.58 Å². The fourth-order valence-electron chi connectivity index (χ4n) is 1.95. The van der Waals surface area contributed by atoms with Gasteiger partial charge < -0.3 is 9.64 Å². The molecule has 0 atom stereocenters. The molecule has 2 rings (SSSR count). The molecule has 2 aromatic rings. The first-order valence-electron chi connectivity index (χ1n) is 6.38. The predicted molar refractivity (Wildman–Crippen MR) is 81.3 cm³/mol. The lowest BCUT2D eigenvalue weighted by Crippen LogP contribution is -2.30. The van der Waals surface area contributed by atoms with E-state index >= 15 is 0 Å². The molecule has 0 radical (unpaired) electrons. The maximum absolute atomic E-state index is 12.6. The molecular formula is C17H17NO2. The molecule has 0 N–H and O–H groups in total. The van der Waals surface area contributed by atoms with Crippen LogP contribution in [0.2, 0.25) is 0 Å². The number of rotatable bonds is 5. The van der Waals surface area contributed by atoms with Crippen molar-refractivity contribution in [3.8, 4) is 5.75 Å². The molecule has 0 unspecified atom stereocenters. The summed E-state index contributed by atoms with van der Waals surface area (Å²) in [7, 11) is 1.59. The van der Waals surface area contributed by atoms with Gasteiger partial charge in [0.15, 0.2) is 0 Å². The van der Waals surface area contributed by atoms with Crippen LogP contribution < -0.4 is 9.64 Å². The monoisotopic (exact) mass is 267 g/mol. The van der Waals surface area contributed by atoms with Gasteiger partial charge in [-0.25, -0.2) is 0 Å². The summed E-state index contributed by atoms with van der Waals surface area (Å²) in [5.41, 5.74) is 1.44. The van der Waals surface area contributed by atoms with Gasteiger partial charge in [0.05, 0.1) is 7.11 Å². The number of hydrogen-bond acceptors (Lipinski definition) is 2. The van der Waals surface area contributed by atoms with E-state index in [-0.39, 0.29) is 5.91 Å². The third-order valence-electron chi connectivity index (χ3n) is 2.94. The summed E-state index contributed by atoms with van der Waals surface area (Å²) < 4.78 is 5.16. The standard InChI is InChI=1S/C17H17NO2/c1-3-12-18(15-9-5-4-6-10-15)17(19)14-8-7-11-16(13-14)20-2/h3-11,13H,1,12H2,2H3. The maximum atomic E-state index is 12.6. The smallest absolute Gasteiger partial charge is 0.258 e. The zero-order chi connectivity index (χ0) is 14.4. The van der Waals surface area contributed by atoms with Crippen molar-refractivity contribution in [3.63, 3.8) is 0 Å². The fourth-order valence-corrected chi connectivity index (χ4v) is 1.95. The van der Waals surface area contributed by atoms with E-state index in [4.69, 9.17) is 4.74 Å². The highest BCUT2D eigenvalue weighted by Gasteiger charge is 2.16. The van der Waals surface area contributed by atoms with Crippen molar-refractivity contribution in [3.05, 3.63) is 72.8 Å². The molecule has 2 aromatic carbocycles. The highest BCUT2D eigenvalue weighted by molar-refractivity contribution is 6.06. The molecule has 0 saturated carbocycles. The van der Waals surface area contributed by atoms with Crippen molar-refractivity contribution in [1.82, 2.24) is 0 Å². The minimum atomic E-state index is -0.0741. The molecule has 1 amide bonds. The summed E-state index contributed by atoms with van der Waals surface area (Å²) in [5.74, 6) is 0.595. The number of carbonyl (C=O) groups excluding carboxylic acids is 1. The number of hydrogen-bond donors (Lipinski definition) is 0. The fraction of sp³-hybridized carbons (Fsp3) is 0.118.